The summed E-state index contributed by atoms with van der Waals surface area (Å²) in [6, 6.07) is 1.76. The molecular weight excluding hydrogens is 202 g/mol. The van der Waals surface area contributed by atoms with Crippen molar-refractivity contribution in [1.82, 2.24) is 5.32 Å². The lowest BCUT2D eigenvalue weighted by atomic mass is 10.2. The van der Waals surface area contributed by atoms with Crippen LogP contribution in [0.3, 0.4) is 0 Å². The summed E-state index contributed by atoms with van der Waals surface area (Å²) in [5.74, 6) is 1.02. The minimum atomic E-state index is -0.176. The molecule has 1 N–H and O–H groups in total. The molecule has 0 saturated heterocycles. The Labute approximate surface area is 88.4 Å². The van der Waals surface area contributed by atoms with Crippen LogP contribution >= 0.6 is 11.6 Å². The number of carbonyl (C=O) groups is 1. The third kappa shape index (κ3) is 2.77. The van der Waals surface area contributed by atoms with E-state index in [-0.39, 0.29) is 11.8 Å². The van der Waals surface area contributed by atoms with E-state index in [1.54, 1.807) is 6.07 Å². The number of amides is 1. The Kier molecular flexibility index (Phi) is 4.01. The van der Waals surface area contributed by atoms with Crippen molar-refractivity contribution in [3.8, 4) is 0 Å². The number of furan rings is 1. The molecule has 0 aliphatic carbocycles. The lowest BCUT2D eigenvalue weighted by Crippen LogP contribution is -2.28. The highest BCUT2D eigenvalue weighted by molar-refractivity contribution is 6.18. The zero-order chi connectivity index (χ0) is 10.6. The van der Waals surface area contributed by atoms with Gasteiger partial charge in [-0.25, -0.2) is 0 Å². The molecule has 1 amide bonds. The van der Waals surface area contributed by atoms with E-state index in [0.29, 0.717) is 18.2 Å². The normalized spacial score (nSPS) is 12.5. The van der Waals surface area contributed by atoms with E-state index in [9.17, 15) is 4.79 Å². The predicted molar refractivity (Wildman–Crippen MR) is 55.7 cm³/mol. The molecule has 0 radical (unpaired) electrons. The molecule has 14 heavy (non-hydrogen) atoms. The second-order valence-corrected chi connectivity index (χ2v) is 3.71. The van der Waals surface area contributed by atoms with Gasteiger partial charge >= 0.3 is 0 Å². The van der Waals surface area contributed by atoms with Crippen LogP contribution in [0.1, 0.15) is 23.0 Å². The molecule has 1 aromatic heterocycles. The predicted octanol–water partition coefficient (Wildman–Crippen LogP) is 2.19. The molecule has 0 aliphatic heterocycles. The molecule has 1 unspecified atom stereocenters. The van der Waals surface area contributed by atoms with E-state index in [0.717, 1.165) is 5.56 Å². The Morgan fingerprint density at radius 2 is 2.43 bits per heavy atom. The summed E-state index contributed by atoms with van der Waals surface area (Å²) in [5.41, 5.74) is 0.848. The topological polar surface area (TPSA) is 42.2 Å². The fourth-order valence-electron chi connectivity index (χ4n) is 1.01. The largest absolute Gasteiger partial charge is 0.459 e. The van der Waals surface area contributed by atoms with Crippen LogP contribution in [0.4, 0.5) is 0 Å². The van der Waals surface area contributed by atoms with Gasteiger partial charge in [-0.1, -0.05) is 6.92 Å². The molecule has 0 aromatic carbocycles. The fourth-order valence-corrected chi connectivity index (χ4v) is 1.12. The minimum Gasteiger partial charge on any atom is -0.459 e. The first-order valence-corrected chi connectivity index (χ1v) is 5.07. The molecular formula is C10H14ClNO2. The molecule has 4 heteroatoms. The van der Waals surface area contributed by atoms with E-state index >= 15 is 0 Å². The quantitative estimate of drug-likeness (QED) is 0.783. The highest BCUT2D eigenvalue weighted by Crippen LogP contribution is 2.08. The number of rotatable bonds is 4. The lowest BCUT2D eigenvalue weighted by molar-refractivity contribution is 0.0920. The minimum absolute atomic E-state index is 0.176. The maximum Gasteiger partial charge on any atom is 0.287 e. The molecule has 0 fully saturated rings. The number of alkyl halides is 1. The zero-order valence-electron chi connectivity index (χ0n) is 8.34. The number of hydrogen-bond donors (Lipinski definition) is 1. The van der Waals surface area contributed by atoms with E-state index in [1.165, 1.54) is 6.26 Å². The van der Waals surface area contributed by atoms with Crippen molar-refractivity contribution in [3.63, 3.8) is 0 Å². The SMILES string of the molecule is Cc1ccoc1C(=O)NCC(C)CCl. The third-order valence-corrected chi connectivity index (χ3v) is 2.47. The average molecular weight is 216 g/mol. The summed E-state index contributed by atoms with van der Waals surface area (Å²) in [7, 11) is 0. The van der Waals surface area contributed by atoms with E-state index in [4.69, 9.17) is 16.0 Å². The molecule has 0 spiro atoms. The summed E-state index contributed by atoms with van der Waals surface area (Å²) >= 11 is 5.62. The van der Waals surface area contributed by atoms with Gasteiger partial charge in [0.25, 0.3) is 5.91 Å². The van der Waals surface area contributed by atoms with Crippen molar-refractivity contribution in [3.05, 3.63) is 23.7 Å². The van der Waals surface area contributed by atoms with Gasteiger partial charge in [-0.05, 0) is 18.9 Å². The van der Waals surface area contributed by atoms with Crippen LogP contribution in [-0.2, 0) is 0 Å². The maximum atomic E-state index is 11.5. The van der Waals surface area contributed by atoms with Crippen LogP contribution < -0.4 is 5.32 Å². The van der Waals surface area contributed by atoms with Crippen molar-refractivity contribution in [2.24, 2.45) is 5.92 Å². The first-order chi connectivity index (χ1) is 6.65. The molecule has 0 saturated carbocycles. The molecule has 3 nitrogen and oxygen atoms in total. The highest BCUT2D eigenvalue weighted by atomic mass is 35.5. The Bertz CT molecular complexity index is 309. The van der Waals surface area contributed by atoms with Crippen LogP contribution in [-0.4, -0.2) is 18.3 Å². The molecule has 0 bridgehead atoms. The van der Waals surface area contributed by atoms with E-state index in [1.807, 2.05) is 13.8 Å². The summed E-state index contributed by atoms with van der Waals surface area (Å²) in [6.45, 7) is 4.38. The number of carbonyl (C=O) groups excluding carboxylic acids is 1. The van der Waals surface area contributed by atoms with Crippen molar-refractivity contribution in [1.29, 1.82) is 0 Å². The molecule has 1 heterocycles. The van der Waals surface area contributed by atoms with E-state index in [2.05, 4.69) is 5.32 Å². The van der Waals surface area contributed by atoms with E-state index < -0.39 is 0 Å². The van der Waals surface area contributed by atoms with Gasteiger partial charge in [0, 0.05) is 18.0 Å². The Balaban J connectivity index is 2.47. The number of aryl methyl sites for hydroxylation is 1. The van der Waals surface area contributed by atoms with Crippen molar-refractivity contribution in [2.45, 2.75) is 13.8 Å². The number of hydrogen-bond acceptors (Lipinski definition) is 2. The van der Waals surface area contributed by atoms with Gasteiger partial charge < -0.3 is 9.73 Å². The van der Waals surface area contributed by atoms with Gasteiger partial charge in [0.1, 0.15) is 0 Å². The summed E-state index contributed by atoms with van der Waals surface area (Å²) in [5, 5.41) is 2.76. The molecule has 1 aromatic rings. The van der Waals surface area contributed by atoms with Gasteiger partial charge in [0.05, 0.1) is 6.26 Å². The second kappa shape index (κ2) is 5.05. The van der Waals surface area contributed by atoms with Gasteiger partial charge in [-0.3, -0.25) is 4.79 Å². The zero-order valence-corrected chi connectivity index (χ0v) is 9.10. The van der Waals surface area contributed by atoms with Crippen molar-refractivity contribution >= 4 is 17.5 Å². The Morgan fingerprint density at radius 3 is 2.93 bits per heavy atom. The van der Waals surface area contributed by atoms with Gasteiger partial charge in [-0.2, -0.15) is 0 Å². The molecule has 1 rings (SSSR count). The summed E-state index contributed by atoms with van der Waals surface area (Å²) < 4.78 is 5.05. The highest BCUT2D eigenvalue weighted by Gasteiger charge is 2.12. The third-order valence-electron chi connectivity index (χ3n) is 1.94. The Hall–Kier alpha value is -0.960. The smallest absolute Gasteiger partial charge is 0.287 e. The number of nitrogens with one attached hydrogen (secondary N) is 1. The standard InChI is InChI=1S/C10H14ClNO2/c1-7(5-11)6-12-10(13)9-8(2)3-4-14-9/h3-4,7H,5-6H2,1-2H3,(H,12,13). The van der Waals surface area contributed by atoms with Gasteiger partial charge in [0.2, 0.25) is 0 Å². The average Bonchev–Trinajstić information content (AvgIpc) is 2.60. The van der Waals surface area contributed by atoms with Crippen LogP contribution in [0.5, 0.6) is 0 Å². The summed E-state index contributed by atoms with van der Waals surface area (Å²) in [6.07, 6.45) is 1.51. The van der Waals surface area contributed by atoms with Gasteiger partial charge in [-0.15, -0.1) is 11.6 Å². The van der Waals surface area contributed by atoms with Crippen molar-refractivity contribution < 1.29 is 9.21 Å². The first kappa shape index (κ1) is 11.1. The molecule has 78 valence electrons. The summed E-state index contributed by atoms with van der Waals surface area (Å²) in [4.78, 5) is 11.5. The van der Waals surface area contributed by atoms with Gasteiger partial charge in [0.15, 0.2) is 5.76 Å². The lowest BCUT2D eigenvalue weighted by Gasteiger charge is -2.08. The van der Waals surface area contributed by atoms with Crippen LogP contribution in [0, 0.1) is 12.8 Å². The molecule has 1 atom stereocenters. The molecule has 0 aliphatic rings. The fraction of sp³-hybridized carbons (Fsp3) is 0.500. The van der Waals surface area contributed by atoms with Crippen LogP contribution in [0.15, 0.2) is 16.7 Å². The first-order valence-electron chi connectivity index (χ1n) is 4.53. The second-order valence-electron chi connectivity index (χ2n) is 3.40. The maximum absolute atomic E-state index is 11.5. The van der Waals surface area contributed by atoms with Crippen molar-refractivity contribution in [2.75, 3.05) is 12.4 Å². The number of halogens is 1. The Morgan fingerprint density at radius 1 is 1.71 bits per heavy atom. The monoisotopic (exact) mass is 215 g/mol. The van der Waals surface area contributed by atoms with Crippen LogP contribution in [0.25, 0.3) is 0 Å². The van der Waals surface area contributed by atoms with Crippen LogP contribution in [0.2, 0.25) is 0 Å².